The molecule has 1 aliphatic heterocycles. The molecule has 37 heavy (non-hydrogen) atoms. The van der Waals surface area contributed by atoms with E-state index in [1.165, 1.54) is 30.5 Å². The highest BCUT2D eigenvalue weighted by atomic mass is 32.2. The molecule has 3 aromatic rings. The molecule has 4 atom stereocenters. The predicted octanol–water partition coefficient (Wildman–Crippen LogP) is 1.87. The van der Waals surface area contributed by atoms with Crippen molar-refractivity contribution in [2.24, 2.45) is 5.92 Å². The van der Waals surface area contributed by atoms with E-state index >= 15 is 0 Å². The molecule has 0 bridgehead atoms. The summed E-state index contributed by atoms with van der Waals surface area (Å²) < 4.78 is 69.3. The van der Waals surface area contributed by atoms with Crippen LogP contribution in [0.4, 0.5) is 0 Å². The van der Waals surface area contributed by atoms with Gasteiger partial charge in [-0.05, 0) is 38.1 Å². The lowest BCUT2D eigenvalue weighted by molar-refractivity contribution is -0.0387. The summed E-state index contributed by atoms with van der Waals surface area (Å²) in [7, 11) is -8.49. The summed E-state index contributed by atoms with van der Waals surface area (Å²) in [5.41, 5.74) is 0.307. The maximum absolute atomic E-state index is 13.0. The zero-order valence-electron chi connectivity index (χ0n) is 20.2. The number of aromatic amines is 1. The third-order valence-electron chi connectivity index (χ3n) is 6.02. The molecule has 1 N–H and O–H groups in total. The molecule has 198 valence electrons. The summed E-state index contributed by atoms with van der Waals surface area (Å²) in [6.45, 7) is 4.62. The molecular weight excluding hydrogens is 524 g/mol. The third-order valence-corrected chi connectivity index (χ3v) is 8.64. The van der Waals surface area contributed by atoms with Gasteiger partial charge in [0.2, 0.25) is 0 Å². The molecule has 2 heterocycles. The first-order chi connectivity index (χ1) is 17.4. The van der Waals surface area contributed by atoms with Gasteiger partial charge in [-0.25, -0.2) is 4.79 Å². The van der Waals surface area contributed by atoms with Crippen LogP contribution in [0.5, 0.6) is 0 Å². The Morgan fingerprint density at radius 1 is 0.865 bits per heavy atom. The van der Waals surface area contributed by atoms with Gasteiger partial charge in [0, 0.05) is 18.2 Å². The van der Waals surface area contributed by atoms with E-state index in [2.05, 4.69) is 4.98 Å². The number of hydrogen-bond donors (Lipinski definition) is 1. The average molecular weight is 551 g/mol. The average Bonchev–Trinajstić information content (AvgIpc) is 3.13. The summed E-state index contributed by atoms with van der Waals surface area (Å²) in [5, 5.41) is 0. The van der Waals surface area contributed by atoms with Crippen molar-refractivity contribution in [3.8, 4) is 0 Å². The lowest BCUT2D eigenvalue weighted by Crippen LogP contribution is -2.36. The summed E-state index contributed by atoms with van der Waals surface area (Å²) in [6.07, 6.45) is -2.28. The number of rotatable bonds is 8. The standard InChI is InChI=1S/C24H26N2O9S2/c1-15-4-8-18(9-5-15)36(29,30)33-14-20-22(35-37(31,32)19-10-6-16(2)7-11-19)17(3)23(34-20)26-13-12-21(27)25-24(26)28/h4-13,17,20,22-23H,14H2,1-3H3,(H,25,27,28)/t17-,20+,22-,23+/m0/s1. The second kappa shape index (κ2) is 10.3. The van der Waals surface area contributed by atoms with Crippen molar-refractivity contribution in [1.82, 2.24) is 9.55 Å². The van der Waals surface area contributed by atoms with Gasteiger partial charge >= 0.3 is 5.69 Å². The number of benzene rings is 2. The smallest absolute Gasteiger partial charge is 0.330 e. The predicted molar refractivity (Wildman–Crippen MR) is 132 cm³/mol. The van der Waals surface area contributed by atoms with Gasteiger partial charge in [0.1, 0.15) is 18.4 Å². The highest BCUT2D eigenvalue weighted by molar-refractivity contribution is 7.87. The molecular formula is C24H26N2O9S2. The quantitative estimate of drug-likeness (QED) is 0.415. The van der Waals surface area contributed by atoms with Crippen LogP contribution in [0.2, 0.25) is 0 Å². The molecule has 1 aliphatic rings. The molecule has 0 radical (unpaired) electrons. The maximum atomic E-state index is 13.0. The lowest BCUT2D eigenvalue weighted by Gasteiger charge is -2.21. The molecule has 2 aromatic carbocycles. The first-order valence-corrected chi connectivity index (χ1v) is 14.1. The topological polar surface area (TPSA) is 151 Å². The van der Waals surface area contributed by atoms with Crippen LogP contribution in [-0.2, 0) is 33.3 Å². The molecule has 0 amide bonds. The van der Waals surface area contributed by atoms with Crippen LogP contribution in [0.15, 0.2) is 80.2 Å². The van der Waals surface area contributed by atoms with Crippen LogP contribution in [-0.4, -0.2) is 45.2 Å². The molecule has 1 aromatic heterocycles. The number of nitrogens with one attached hydrogen (secondary N) is 1. The first kappa shape index (κ1) is 26.9. The van der Waals surface area contributed by atoms with Crippen molar-refractivity contribution in [2.45, 2.75) is 49.0 Å². The highest BCUT2D eigenvalue weighted by Crippen LogP contribution is 2.38. The van der Waals surface area contributed by atoms with Crippen LogP contribution >= 0.6 is 0 Å². The van der Waals surface area contributed by atoms with Gasteiger partial charge in [-0.15, -0.1) is 0 Å². The Morgan fingerprint density at radius 3 is 1.95 bits per heavy atom. The number of aromatic nitrogens is 2. The van der Waals surface area contributed by atoms with Crippen molar-refractivity contribution in [3.63, 3.8) is 0 Å². The summed E-state index contributed by atoms with van der Waals surface area (Å²) in [5.74, 6) is -0.764. The lowest BCUT2D eigenvalue weighted by atomic mass is 10.0. The van der Waals surface area contributed by atoms with Gasteiger partial charge in [0.25, 0.3) is 25.8 Å². The molecule has 4 rings (SSSR count). The molecule has 0 spiro atoms. The SMILES string of the molecule is Cc1ccc(S(=O)(=O)OC[C@H]2O[C@@H](n3ccc(=O)[nH]c3=O)[C@@H](C)[C@@H]2OS(=O)(=O)c2ccc(C)cc2)cc1. The Balaban J connectivity index is 1.64. The molecule has 11 nitrogen and oxygen atoms in total. The minimum absolute atomic E-state index is 0.0812. The fourth-order valence-electron chi connectivity index (χ4n) is 3.95. The van der Waals surface area contributed by atoms with Gasteiger partial charge in [-0.3, -0.25) is 22.7 Å². The van der Waals surface area contributed by atoms with Crippen molar-refractivity contribution in [1.29, 1.82) is 0 Å². The van der Waals surface area contributed by atoms with Crippen LogP contribution in [0.25, 0.3) is 0 Å². The second-order valence-corrected chi connectivity index (χ2v) is 12.0. The second-order valence-electron chi connectivity index (χ2n) is 8.82. The summed E-state index contributed by atoms with van der Waals surface area (Å²) in [4.78, 5) is 25.8. The molecule has 1 saturated heterocycles. The van der Waals surface area contributed by atoms with Crippen LogP contribution < -0.4 is 11.2 Å². The Labute approximate surface area is 213 Å². The summed E-state index contributed by atoms with van der Waals surface area (Å²) >= 11 is 0. The van der Waals surface area contributed by atoms with E-state index in [9.17, 15) is 26.4 Å². The highest BCUT2D eigenvalue weighted by Gasteiger charge is 2.47. The number of hydrogen-bond acceptors (Lipinski definition) is 9. The Kier molecular flexibility index (Phi) is 7.53. The van der Waals surface area contributed by atoms with Crippen molar-refractivity contribution >= 4 is 20.2 Å². The number of ether oxygens (including phenoxy) is 1. The number of aryl methyl sites for hydroxylation is 2. The minimum atomic E-state index is -4.29. The van der Waals surface area contributed by atoms with Crippen LogP contribution in [0.1, 0.15) is 24.3 Å². The Morgan fingerprint density at radius 2 is 1.41 bits per heavy atom. The normalized spacial score (nSPS) is 22.2. The minimum Gasteiger partial charge on any atom is -0.349 e. The first-order valence-electron chi connectivity index (χ1n) is 11.3. The van der Waals surface area contributed by atoms with Crippen molar-refractivity contribution in [2.75, 3.05) is 6.61 Å². The van der Waals surface area contributed by atoms with Gasteiger partial charge in [-0.2, -0.15) is 16.8 Å². The molecule has 0 aliphatic carbocycles. The van der Waals surface area contributed by atoms with Crippen molar-refractivity contribution in [3.05, 3.63) is 92.8 Å². The zero-order chi connectivity index (χ0) is 27.0. The van der Waals surface area contributed by atoms with E-state index in [0.29, 0.717) is 0 Å². The molecule has 1 fully saturated rings. The van der Waals surface area contributed by atoms with Crippen LogP contribution in [0, 0.1) is 19.8 Å². The van der Waals surface area contributed by atoms with Gasteiger partial charge in [0.05, 0.1) is 16.4 Å². The van der Waals surface area contributed by atoms with E-state index < -0.39 is 62.4 Å². The zero-order valence-corrected chi connectivity index (χ0v) is 21.9. The van der Waals surface area contributed by atoms with Crippen LogP contribution in [0.3, 0.4) is 0 Å². The number of H-pyrrole nitrogens is 1. The van der Waals surface area contributed by atoms with Crippen molar-refractivity contribution < 1.29 is 29.9 Å². The van der Waals surface area contributed by atoms with Gasteiger partial charge in [0.15, 0.2) is 0 Å². The van der Waals surface area contributed by atoms with E-state index in [0.717, 1.165) is 21.8 Å². The largest absolute Gasteiger partial charge is 0.349 e. The van der Waals surface area contributed by atoms with Gasteiger partial charge < -0.3 is 4.74 Å². The third kappa shape index (κ3) is 5.91. The monoisotopic (exact) mass is 550 g/mol. The van der Waals surface area contributed by atoms with E-state index in [4.69, 9.17) is 13.1 Å². The fraction of sp³-hybridized carbons (Fsp3) is 0.333. The molecule has 13 heteroatoms. The van der Waals surface area contributed by atoms with E-state index in [-0.39, 0.29) is 9.79 Å². The summed E-state index contributed by atoms with van der Waals surface area (Å²) in [6, 6.07) is 13.1. The molecule has 0 unspecified atom stereocenters. The Hall–Kier alpha value is -3.10. The number of nitrogens with zero attached hydrogens (tertiary/aromatic N) is 1. The Bertz CT molecular complexity index is 1590. The van der Waals surface area contributed by atoms with Gasteiger partial charge in [-0.1, -0.05) is 42.3 Å². The fourth-order valence-corrected chi connectivity index (χ4v) is 6.04. The maximum Gasteiger partial charge on any atom is 0.330 e. The molecule has 0 saturated carbocycles. The van der Waals surface area contributed by atoms with E-state index in [1.807, 2.05) is 0 Å². The van der Waals surface area contributed by atoms with E-state index in [1.54, 1.807) is 45.0 Å².